The van der Waals surface area contributed by atoms with Crippen molar-refractivity contribution >= 4 is 35.6 Å². The molecule has 1 saturated heterocycles. The highest BCUT2D eigenvalue weighted by Gasteiger charge is 2.78. The van der Waals surface area contributed by atoms with Crippen LogP contribution in [0.1, 0.15) is 84.5 Å². The minimum atomic E-state index is -2.33. The van der Waals surface area contributed by atoms with Gasteiger partial charge in [0.1, 0.15) is 23.9 Å². The van der Waals surface area contributed by atoms with Gasteiger partial charge in [-0.15, -0.1) is 0 Å². The smallest absolute Gasteiger partial charge is 0.338 e. The molecule has 15 nitrogen and oxygen atoms in total. The van der Waals surface area contributed by atoms with E-state index in [1.807, 2.05) is 0 Å². The summed E-state index contributed by atoms with van der Waals surface area (Å²) >= 11 is 0. The molecule has 4 fully saturated rings. The fourth-order valence-corrected chi connectivity index (χ4v) is 9.52. The lowest BCUT2D eigenvalue weighted by atomic mass is 9.44. The van der Waals surface area contributed by atoms with E-state index in [1.165, 1.54) is 32.9 Å². The second-order valence-electron chi connectivity index (χ2n) is 16.2. The zero-order valence-corrected chi connectivity index (χ0v) is 31.5. The maximum atomic E-state index is 15.3. The molecule has 3 saturated carbocycles. The summed E-state index contributed by atoms with van der Waals surface area (Å²) in [5.74, 6) is -6.65. The summed E-state index contributed by atoms with van der Waals surface area (Å²) < 4.78 is 29.9. The molecule has 6 rings (SSSR count). The first-order valence-corrected chi connectivity index (χ1v) is 18.3. The van der Waals surface area contributed by atoms with Crippen molar-refractivity contribution in [2.75, 3.05) is 6.61 Å². The van der Waals surface area contributed by atoms with Crippen LogP contribution in [0.3, 0.4) is 0 Å². The van der Waals surface area contributed by atoms with Crippen molar-refractivity contribution in [3.8, 4) is 0 Å². The summed E-state index contributed by atoms with van der Waals surface area (Å²) in [6.07, 6.45) is -8.63. The lowest BCUT2D eigenvalue weighted by Gasteiger charge is -2.67. The third-order valence-corrected chi connectivity index (χ3v) is 12.5. The monoisotopic (exact) mass is 755 g/mol. The highest BCUT2D eigenvalue weighted by molar-refractivity contribution is 5.95. The van der Waals surface area contributed by atoms with Crippen molar-refractivity contribution in [2.45, 2.75) is 128 Å². The van der Waals surface area contributed by atoms with Crippen LogP contribution in [0.2, 0.25) is 0 Å². The number of benzene rings is 1. The van der Waals surface area contributed by atoms with Gasteiger partial charge in [-0.2, -0.15) is 0 Å². The molecule has 1 aliphatic heterocycles. The average molecular weight is 756 g/mol. The predicted octanol–water partition coefficient (Wildman–Crippen LogP) is 1.48. The Bertz CT molecular complexity index is 1770. The third-order valence-electron chi connectivity index (χ3n) is 12.5. The minimum absolute atomic E-state index is 0.0329. The highest BCUT2D eigenvalue weighted by atomic mass is 16.6. The molecule has 4 aliphatic carbocycles. The van der Waals surface area contributed by atoms with E-state index in [-0.39, 0.29) is 35.7 Å². The Balaban J connectivity index is 1.58. The number of carbonyl (C=O) groups excluding carboxylic acids is 6. The van der Waals surface area contributed by atoms with Crippen molar-refractivity contribution < 1.29 is 67.8 Å². The number of fused-ring (bicyclic) bond motifs is 5. The van der Waals surface area contributed by atoms with Gasteiger partial charge in [0.05, 0.1) is 35.6 Å². The molecule has 54 heavy (non-hydrogen) atoms. The van der Waals surface area contributed by atoms with Crippen LogP contribution in [0, 0.1) is 22.7 Å². The van der Waals surface area contributed by atoms with Gasteiger partial charge in [-0.3, -0.25) is 19.2 Å². The predicted molar refractivity (Wildman–Crippen MR) is 185 cm³/mol. The number of esters is 4. The lowest BCUT2D eigenvalue weighted by molar-refractivity contribution is -0.346. The van der Waals surface area contributed by atoms with Crippen LogP contribution in [0.4, 0.5) is 0 Å². The summed E-state index contributed by atoms with van der Waals surface area (Å²) in [6.45, 7) is 9.31. The molecule has 1 aromatic rings. The number of amides is 1. The number of Topliss-reactive ketones (excluding diaryl/α,β-unsaturated/α-hetero) is 1. The maximum Gasteiger partial charge on any atom is 0.338 e. The van der Waals surface area contributed by atoms with E-state index in [4.69, 9.17) is 23.7 Å². The summed E-state index contributed by atoms with van der Waals surface area (Å²) in [4.78, 5) is 80.8. The Hall–Kier alpha value is -4.18. The lowest BCUT2D eigenvalue weighted by Crippen LogP contribution is -2.82. The van der Waals surface area contributed by atoms with Gasteiger partial charge in [-0.05, 0) is 55.9 Å². The van der Waals surface area contributed by atoms with Crippen LogP contribution in [-0.2, 0) is 47.7 Å². The summed E-state index contributed by atoms with van der Waals surface area (Å²) in [6, 6.07) is 6.92. The Morgan fingerprint density at radius 3 is 2.15 bits per heavy atom. The number of ketones is 1. The molecule has 0 spiro atoms. The first-order chi connectivity index (χ1) is 25.2. The fraction of sp³-hybridized carbons (Fsp3) is 0.641. The van der Waals surface area contributed by atoms with Crippen LogP contribution < -0.4 is 5.32 Å². The third kappa shape index (κ3) is 6.22. The van der Waals surface area contributed by atoms with Crippen molar-refractivity contribution in [1.82, 2.24) is 5.32 Å². The maximum absolute atomic E-state index is 15.3. The van der Waals surface area contributed by atoms with Crippen LogP contribution in [0.15, 0.2) is 41.5 Å². The molecule has 0 radical (unpaired) electrons. The molecule has 294 valence electrons. The number of nitrogens with one attached hydrogen (secondary N) is 1. The normalized spacial score (nSPS) is 36.4. The van der Waals surface area contributed by atoms with Gasteiger partial charge in [0.25, 0.3) is 0 Å². The van der Waals surface area contributed by atoms with Crippen LogP contribution in [0.5, 0.6) is 0 Å². The first-order valence-electron chi connectivity index (χ1n) is 18.3. The zero-order chi connectivity index (χ0) is 39.7. The summed E-state index contributed by atoms with van der Waals surface area (Å²) in [5, 5.41) is 39.2. The largest absolute Gasteiger partial charge is 0.456 e. The molecular weight excluding hydrogens is 706 g/mol. The molecule has 1 amide bonds. The second-order valence-corrected chi connectivity index (χ2v) is 16.2. The molecule has 2 bridgehead atoms. The van der Waals surface area contributed by atoms with Crippen LogP contribution in [0.25, 0.3) is 0 Å². The molecule has 15 heteroatoms. The van der Waals surface area contributed by atoms with E-state index in [1.54, 1.807) is 32.0 Å². The molecule has 1 heterocycles. The van der Waals surface area contributed by atoms with Gasteiger partial charge in [0.2, 0.25) is 5.91 Å². The van der Waals surface area contributed by atoms with Crippen molar-refractivity contribution in [1.29, 1.82) is 0 Å². The summed E-state index contributed by atoms with van der Waals surface area (Å²) in [7, 11) is 0. The van der Waals surface area contributed by atoms with Gasteiger partial charge < -0.3 is 44.3 Å². The number of hydrogen-bond acceptors (Lipinski definition) is 14. The van der Waals surface area contributed by atoms with Crippen LogP contribution >= 0.6 is 0 Å². The molecule has 1 aromatic carbocycles. The molecule has 10 unspecified atom stereocenters. The van der Waals surface area contributed by atoms with Crippen molar-refractivity contribution in [3.63, 3.8) is 0 Å². The van der Waals surface area contributed by atoms with Crippen molar-refractivity contribution in [3.05, 3.63) is 47.0 Å². The van der Waals surface area contributed by atoms with Gasteiger partial charge in [0, 0.05) is 39.0 Å². The van der Waals surface area contributed by atoms with Crippen LogP contribution in [-0.4, -0.2) is 111 Å². The van der Waals surface area contributed by atoms with E-state index in [0.29, 0.717) is 12.8 Å². The zero-order valence-electron chi connectivity index (χ0n) is 31.5. The van der Waals surface area contributed by atoms with Gasteiger partial charge in [0.15, 0.2) is 23.6 Å². The quantitative estimate of drug-likeness (QED) is 0.159. The Morgan fingerprint density at radius 1 is 0.963 bits per heavy atom. The van der Waals surface area contributed by atoms with Gasteiger partial charge >= 0.3 is 23.9 Å². The first kappa shape index (κ1) is 39.5. The Kier molecular flexibility index (Phi) is 10.1. The molecule has 5 aliphatic rings. The SMILES string of the molecule is CC(=O)NC(C1CC1)C(O)C(=O)OC1CC2(O)C(OC(=O)c3ccccc3)C3C4(OC(C)=O)COC4CC(O)[C@@]3(C)C(=O)C(OC(C)=O)C(=C1C)C2(C)C. The average Bonchev–Trinajstić information content (AvgIpc) is 3.94. The topological polar surface area (TPSA) is 221 Å². The van der Waals surface area contributed by atoms with E-state index < -0.39 is 113 Å². The Morgan fingerprint density at radius 2 is 1.61 bits per heavy atom. The number of aliphatic hydroxyl groups excluding tert-OH is 2. The molecule has 0 aromatic heterocycles. The van der Waals surface area contributed by atoms with E-state index >= 15 is 4.79 Å². The number of ether oxygens (including phenoxy) is 5. The van der Waals surface area contributed by atoms with E-state index in [9.17, 15) is 39.3 Å². The van der Waals surface area contributed by atoms with Crippen molar-refractivity contribution in [2.24, 2.45) is 22.7 Å². The molecular formula is C39H49NO14. The Labute approximate surface area is 312 Å². The number of rotatable bonds is 9. The fourth-order valence-electron chi connectivity index (χ4n) is 9.52. The number of carbonyl (C=O) groups is 6. The summed E-state index contributed by atoms with van der Waals surface area (Å²) in [5.41, 5.74) is -7.35. The second kappa shape index (κ2) is 13.8. The van der Waals surface area contributed by atoms with Gasteiger partial charge in [-0.1, -0.05) is 32.0 Å². The van der Waals surface area contributed by atoms with E-state index in [0.717, 1.165) is 13.8 Å². The number of aliphatic hydroxyl groups is 3. The molecule has 4 N–H and O–H groups in total. The highest BCUT2D eigenvalue weighted by Crippen LogP contribution is 2.64. The van der Waals surface area contributed by atoms with E-state index in [2.05, 4.69) is 5.32 Å². The minimum Gasteiger partial charge on any atom is -0.456 e. The number of hydrogen-bond donors (Lipinski definition) is 4. The standard InChI is InChI=1S/C39H49NO14/c1-18-24(52-35(48)29(45)28(22-13-14-22)40-19(2)41)16-39(49)33(53-34(47)23-11-9-8-10-12-23)31-37(7,25(44)15-26-38(31,17-50-26)54-21(4)43)32(46)30(51-20(3)42)27(18)36(39,5)6/h8-12,22,24-26,28-31,33,44-45,49H,13-17H2,1-7H3,(H,40,41)/t24?,25?,26?,28?,29?,30?,31?,33?,37-,38?,39?/m1/s1. The van der Waals surface area contributed by atoms with Gasteiger partial charge in [-0.25, -0.2) is 9.59 Å². The molecule has 11 atom stereocenters.